The standard InChI is InChI=1S/C48H72N6O10/c1-11-29(6)39-45(59)53-24-16-21-35(53)42(56)50-38(30(7)26-33-18-13-12-14-19-33)44(58)52-23-15-20-34(52)41(55)49-37(27(2)3)31(8)47(61)63-32(9)43(57)54-25-17-22-36(54)48(62)64-40(28(4)5)46(60)51(39)10/h12-14,18-19,27-32,34-40H,11,15-17,20-26H2,1-10H3,(H,49,55)(H,50,56)/t29?,30?,31?,32?,34-,35-,36-,37?,38?,39?,40+/m0/s1. The fraction of sp³-hybridized carbons (Fsp3) is 0.708. The summed E-state index contributed by atoms with van der Waals surface area (Å²) in [7, 11) is 1.51. The maximum Gasteiger partial charge on any atom is 0.329 e. The Balaban J connectivity index is 1.55. The number of nitrogens with zero attached hydrogens (tertiary/aromatic N) is 4. The van der Waals surface area contributed by atoms with Crippen molar-refractivity contribution >= 4 is 47.4 Å². The van der Waals surface area contributed by atoms with Crippen LogP contribution in [-0.4, -0.2) is 142 Å². The van der Waals surface area contributed by atoms with Crippen LogP contribution in [0.15, 0.2) is 30.3 Å². The van der Waals surface area contributed by atoms with Crippen LogP contribution in [0.2, 0.25) is 0 Å². The van der Waals surface area contributed by atoms with E-state index in [2.05, 4.69) is 10.6 Å². The van der Waals surface area contributed by atoms with Gasteiger partial charge in [-0.25, -0.2) is 4.79 Å². The van der Waals surface area contributed by atoms with Crippen molar-refractivity contribution in [2.24, 2.45) is 29.6 Å². The smallest absolute Gasteiger partial charge is 0.329 e. The normalized spacial score (nSPS) is 30.8. The van der Waals surface area contributed by atoms with Crippen LogP contribution in [0.4, 0.5) is 0 Å². The van der Waals surface area contributed by atoms with E-state index in [1.807, 2.05) is 65.0 Å². The summed E-state index contributed by atoms with van der Waals surface area (Å²) in [5.74, 6) is -6.94. The van der Waals surface area contributed by atoms with E-state index in [1.54, 1.807) is 20.8 Å². The third-order valence-corrected chi connectivity index (χ3v) is 13.9. The van der Waals surface area contributed by atoms with E-state index in [0.717, 1.165) is 5.56 Å². The van der Waals surface area contributed by atoms with Crippen LogP contribution >= 0.6 is 0 Å². The summed E-state index contributed by atoms with van der Waals surface area (Å²) in [5.41, 5.74) is 0.956. The summed E-state index contributed by atoms with van der Waals surface area (Å²) in [5, 5.41) is 6.07. The Labute approximate surface area is 378 Å². The molecule has 0 bridgehead atoms. The topological polar surface area (TPSA) is 192 Å². The summed E-state index contributed by atoms with van der Waals surface area (Å²) < 4.78 is 11.7. The summed E-state index contributed by atoms with van der Waals surface area (Å²) in [6, 6.07) is 3.94. The third-order valence-electron chi connectivity index (χ3n) is 13.9. The average molecular weight is 893 g/mol. The number of fused-ring (bicyclic) bond motifs is 3. The SMILES string of the molecule is CCC(C)C1C(=O)N2CCC[C@H]2C(=O)NC(C(C)Cc2ccccc2)C(=O)N2CCC[C@H]2C(=O)NC(C(C)C)C(C)C(=O)OC(C)C(=O)N2CCC[C@H]2C(=O)O[C@H](C(C)C)C(=O)N1C. The van der Waals surface area contributed by atoms with Gasteiger partial charge in [-0.15, -0.1) is 0 Å². The van der Waals surface area contributed by atoms with Gasteiger partial charge in [0.05, 0.1) is 5.92 Å². The van der Waals surface area contributed by atoms with Gasteiger partial charge in [0, 0.05) is 32.7 Å². The van der Waals surface area contributed by atoms with Crippen molar-refractivity contribution < 1.29 is 47.8 Å². The molecule has 4 aliphatic heterocycles. The van der Waals surface area contributed by atoms with Gasteiger partial charge in [-0.2, -0.15) is 0 Å². The first-order valence-corrected chi connectivity index (χ1v) is 23.5. The van der Waals surface area contributed by atoms with E-state index in [9.17, 15) is 38.4 Å². The molecular weight excluding hydrogens is 821 g/mol. The zero-order valence-corrected chi connectivity index (χ0v) is 39.5. The third kappa shape index (κ3) is 11.1. The molecule has 16 nitrogen and oxygen atoms in total. The number of cyclic esters (lactones) is 2. The largest absolute Gasteiger partial charge is 0.452 e. The van der Waals surface area contributed by atoms with Crippen LogP contribution in [0.1, 0.15) is 113 Å². The van der Waals surface area contributed by atoms with Gasteiger partial charge in [-0.1, -0.05) is 85.2 Å². The Hall–Kier alpha value is -5.02. The molecule has 1 aromatic rings. The first-order valence-electron chi connectivity index (χ1n) is 23.5. The summed E-state index contributed by atoms with van der Waals surface area (Å²) >= 11 is 0. The number of benzene rings is 1. The maximum absolute atomic E-state index is 14.8. The van der Waals surface area contributed by atoms with Gasteiger partial charge in [0.25, 0.3) is 11.8 Å². The van der Waals surface area contributed by atoms with Crippen LogP contribution in [0.25, 0.3) is 0 Å². The van der Waals surface area contributed by atoms with E-state index in [1.165, 1.54) is 33.6 Å². The highest BCUT2D eigenvalue weighted by Gasteiger charge is 2.47. The van der Waals surface area contributed by atoms with Crippen molar-refractivity contribution in [3.63, 3.8) is 0 Å². The summed E-state index contributed by atoms with van der Waals surface area (Å²) in [4.78, 5) is 120. The quantitative estimate of drug-likeness (QED) is 0.384. The highest BCUT2D eigenvalue weighted by molar-refractivity contribution is 5.97. The molecule has 354 valence electrons. The molecule has 0 spiro atoms. The van der Waals surface area contributed by atoms with Gasteiger partial charge in [0.1, 0.15) is 30.2 Å². The number of amides is 6. The maximum atomic E-state index is 14.8. The number of likely N-dealkylation sites (N-methyl/N-ethyl adjacent to an activating group) is 1. The van der Waals surface area contributed by atoms with Crippen molar-refractivity contribution in [3.8, 4) is 0 Å². The predicted molar refractivity (Wildman–Crippen MR) is 238 cm³/mol. The van der Waals surface area contributed by atoms with Crippen molar-refractivity contribution in [1.29, 1.82) is 0 Å². The summed E-state index contributed by atoms with van der Waals surface area (Å²) in [6.07, 6.45) is 0.895. The minimum Gasteiger partial charge on any atom is -0.452 e. The molecule has 1 aromatic carbocycles. The van der Waals surface area contributed by atoms with Crippen molar-refractivity contribution in [2.75, 3.05) is 26.7 Å². The van der Waals surface area contributed by atoms with Crippen LogP contribution in [0.3, 0.4) is 0 Å². The molecule has 11 atom stereocenters. The molecule has 2 N–H and O–H groups in total. The molecule has 4 fully saturated rings. The Kier molecular flexibility index (Phi) is 17.0. The first-order chi connectivity index (χ1) is 30.3. The lowest BCUT2D eigenvalue weighted by molar-refractivity contribution is -0.172. The minimum absolute atomic E-state index is 0.207. The van der Waals surface area contributed by atoms with Crippen molar-refractivity contribution in [1.82, 2.24) is 30.2 Å². The van der Waals surface area contributed by atoms with E-state index in [-0.39, 0.29) is 37.9 Å². The lowest BCUT2D eigenvalue weighted by Gasteiger charge is -2.38. The molecule has 4 aliphatic rings. The molecule has 16 heteroatoms. The van der Waals surface area contributed by atoms with Crippen LogP contribution in [0, 0.1) is 29.6 Å². The van der Waals surface area contributed by atoms with E-state index < -0.39 is 114 Å². The van der Waals surface area contributed by atoms with Crippen molar-refractivity contribution in [2.45, 2.75) is 162 Å². The predicted octanol–water partition coefficient (Wildman–Crippen LogP) is 3.49. The molecule has 5 rings (SSSR count). The number of carbonyl (C=O) groups excluding carboxylic acids is 8. The minimum atomic E-state index is -1.30. The number of esters is 2. The van der Waals surface area contributed by atoms with Gasteiger partial charge in [-0.3, -0.25) is 33.6 Å². The number of hydrogen-bond acceptors (Lipinski definition) is 10. The monoisotopic (exact) mass is 893 g/mol. The number of carbonyl (C=O) groups is 8. The fourth-order valence-corrected chi connectivity index (χ4v) is 9.90. The fourth-order valence-electron chi connectivity index (χ4n) is 9.90. The van der Waals surface area contributed by atoms with Gasteiger partial charge in [0.15, 0.2) is 12.2 Å². The van der Waals surface area contributed by atoms with Gasteiger partial charge in [-0.05, 0) is 88.0 Å². The molecule has 0 saturated carbocycles. The highest BCUT2D eigenvalue weighted by Crippen LogP contribution is 2.29. The van der Waals surface area contributed by atoms with E-state index in [0.29, 0.717) is 44.9 Å². The molecule has 0 aromatic heterocycles. The lowest BCUT2D eigenvalue weighted by Crippen LogP contribution is -2.61. The zero-order valence-electron chi connectivity index (χ0n) is 39.5. The second kappa shape index (κ2) is 21.8. The van der Waals surface area contributed by atoms with E-state index in [4.69, 9.17) is 9.47 Å². The molecular formula is C48H72N6O10. The second-order valence-corrected chi connectivity index (χ2v) is 19.2. The molecule has 4 heterocycles. The summed E-state index contributed by atoms with van der Waals surface area (Å²) in [6.45, 7) is 16.6. The van der Waals surface area contributed by atoms with Crippen LogP contribution in [-0.2, 0) is 54.3 Å². The van der Waals surface area contributed by atoms with E-state index >= 15 is 0 Å². The number of nitrogens with one attached hydrogen (secondary N) is 2. The second-order valence-electron chi connectivity index (χ2n) is 19.2. The first kappa shape index (κ1) is 50.0. The van der Waals surface area contributed by atoms with Crippen molar-refractivity contribution in [3.05, 3.63) is 35.9 Å². The molecule has 7 unspecified atom stereocenters. The Bertz CT molecular complexity index is 1880. The Morgan fingerprint density at radius 2 is 1.16 bits per heavy atom. The number of rotatable bonds is 7. The van der Waals surface area contributed by atoms with Gasteiger partial charge in [0.2, 0.25) is 23.6 Å². The number of ether oxygens (including phenoxy) is 2. The van der Waals surface area contributed by atoms with Crippen LogP contribution in [0.5, 0.6) is 0 Å². The highest BCUT2D eigenvalue weighted by atomic mass is 16.6. The molecule has 4 saturated heterocycles. The molecule has 0 radical (unpaired) electrons. The molecule has 0 aliphatic carbocycles. The molecule has 64 heavy (non-hydrogen) atoms. The molecule has 6 amide bonds. The number of hydrogen-bond donors (Lipinski definition) is 2. The van der Waals surface area contributed by atoms with Crippen LogP contribution < -0.4 is 10.6 Å². The van der Waals surface area contributed by atoms with Gasteiger partial charge >= 0.3 is 11.9 Å². The van der Waals surface area contributed by atoms with Gasteiger partial charge < -0.3 is 39.7 Å². The zero-order chi connectivity index (χ0) is 47.2. The average Bonchev–Trinajstić information content (AvgIpc) is 4.07. The lowest BCUT2D eigenvalue weighted by atomic mass is 9.91. The Morgan fingerprint density at radius 1 is 0.625 bits per heavy atom. The Morgan fingerprint density at radius 3 is 1.70 bits per heavy atom.